The van der Waals surface area contributed by atoms with Gasteiger partial charge in [-0.05, 0) is 19.3 Å². The summed E-state index contributed by atoms with van der Waals surface area (Å²) in [5, 5.41) is 0.448. The van der Waals surface area contributed by atoms with Crippen LogP contribution in [0.1, 0.15) is 27.2 Å². The van der Waals surface area contributed by atoms with E-state index < -0.39 is 5.41 Å². The van der Waals surface area contributed by atoms with E-state index in [9.17, 15) is 4.79 Å². The monoisotopic (exact) mass is 327 g/mol. The molecule has 1 aromatic rings. The van der Waals surface area contributed by atoms with Gasteiger partial charge in [0.15, 0.2) is 5.82 Å². The summed E-state index contributed by atoms with van der Waals surface area (Å²) in [6.07, 6.45) is 2.23. The van der Waals surface area contributed by atoms with Gasteiger partial charge in [-0.3, -0.25) is 4.79 Å². The summed E-state index contributed by atoms with van der Waals surface area (Å²) in [4.78, 5) is 22.8. The Morgan fingerprint density at radius 2 is 2.27 bits per heavy atom. The lowest BCUT2D eigenvalue weighted by molar-refractivity contribution is -0.156. The van der Waals surface area contributed by atoms with E-state index in [2.05, 4.69) is 9.97 Å². The van der Waals surface area contributed by atoms with E-state index in [0.29, 0.717) is 37.0 Å². The van der Waals surface area contributed by atoms with E-state index in [1.54, 1.807) is 0 Å². The second kappa shape index (κ2) is 6.69. The third-order valence-electron chi connectivity index (χ3n) is 4.27. The zero-order chi connectivity index (χ0) is 16.3. The fourth-order valence-corrected chi connectivity index (χ4v) is 3.04. The quantitative estimate of drug-likeness (QED) is 0.774. The molecule has 1 unspecified atom stereocenters. The molecule has 1 aromatic heterocycles. The van der Waals surface area contributed by atoms with Gasteiger partial charge in [-0.1, -0.05) is 25.4 Å². The first-order chi connectivity index (χ1) is 10.4. The van der Waals surface area contributed by atoms with Crippen molar-refractivity contribution in [3.63, 3.8) is 0 Å². The average Bonchev–Trinajstić information content (AvgIpc) is 2.94. The molecule has 2 heterocycles. The highest BCUT2D eigenvalue weighted by atomic mass is 35.5. The summed E-state index contributed by atoms with van der Waals surface area (Å²) in [5.74, 6) is 0.615. The summed E-state index contributed by atoms with van der Waals surface area (Å²) in [7, 11) is 1.51. The predicted molar refractivity (Wildman–Crippen MR) is 84.3 cm³/mol. The molecule has 122 valence electrons. The van der Waals surface area contributed by atoms with Gasteiger partial charge in [0.05, 0.1) is 25.3 Å². The minimum atomic E-state index is -0.530. The maximum atomic E-state index is 12.5. The highest BCUT2D eigenvalue weighted by molar-refractivity contribution is 6.32. The molecule has 2 rings (SSSR count). The van der Waals surface area contributed by atoms with Crippen LogP contribution in [-0.4, -0.2) is 42.7 Å². The lowest BCUT2D eigenvalue weighted by Gasteiger charge is -2.31. The van der Waals surface area contributed by atoms with Crippen LogP contribution in [0.15, 0.2) is 6.20 Å². The number of halogens is 1. The Balaban J connectivity index is 2.28. The van der Waals surface area contributed by atoms with E-state index in [-0.39, 0.29) is 17.9 Å². The number of nitrogens with zero attached hydrogens (tertiary/aromatic N) is 3. The lowest BCUT2D eigenvalue weighted by atomic mass is 9.76. The van der Waals surface area contributed by atoms with Crippen LogP contribution in [0.2, 0.25) is 5.02 Å². The van der Waals surface area contributed by atoms with E-state index >= 15 is 0 Å². The normalized spacial score (nSPS) is 21.3. The number of anilines is 1. The molecule has 0 aromatic carbocycles. The van der Waals surface area contributed by atoms with Gasteiger partial charge in [0.2, 0.25) is 0 Å². The largest absolute Gasteiger partial charge is 0.467 e. The van der Waals surface area contributed by atoms with Gasteiger partial charge >= 0.3 is 12.0 Å². The molecule has 1 saturated heterocycles. The summed E-state index contributed by atoms with van der Waals surface area (Å²) in [6, 6.07) is 0.262. The molecule has 0 amide bonds. The van der Waals surface area contributed by atoms with Gasteiger partial charge in [0.25, 0.3) is 0 Å². The van der Waals surface area contributed by atoms with E-state index in [1.165, 1.54) is 13.3 Å². The summed E-state index contributed by atoms with van der Waals surface area (Å²) in [6.45, 7) is 7.52. The smallest absolute Gasteiger partial charge is 0.318 e. The van der Waals surface area contributed by atoms with Crippen molar-refractivity contribution < 1.29 is 14.3 Å². The first kappa shape index (κ1) is 16.8. The Bertz CT molecular complexity index is 553. The van der Waals surface area contributed by atoms with E-state index in [1.807, 2.05) is 25.7 Å². The Morgan fingerprint density at radius 1 is 1.55 bits per heavy atom. The maximum Gasteiger partial charge on any atom is 0.318 e. The van der Waals surface area contributed by atoms with Crippen molar-refractivity contribution in [2.24, 2.45) is 11.3 Å². The third-order valence-corrected chi connectivity index (χ3v) is 4.54. The van der Waals surface area contributed by atoms with Crippen LogP contribution >= 0.6 is 11.6 Å². The minimum Gasteiger partial charge on any atom is -0.467 e. The van der Waals surface area contributed by atoms with Crippen molar-refractivity contribution in [3.05, 3.63) is 11.2 Å². The molecule has 1 fully saturated rings. The first-order valence-corrected chi connectivity index (χ1v) is 7.81. The fourth-order valence-electron chi connectivity index (χ4n) is 2.82. The predicted octanol–water partition coefficient (Wildman–Crippen LogP) is 2.55. The SMILES string of the molecule is CCOC(=O)C1(C(C)C)CCN(c2nc(OC)ncc2Cl)C1. The molecule has 0 saturated carbocycles. The number of carbonyl (C=O) groups excluding carboxylic acids is 1. The van der Waals surface area contributed by atoms with Crippen LogP contribution in [0.25, 0.3) is 0 Å². The van der Waals surface area contributed by atoms with Gasteiger partial charge in [-0.25, -0.2) is 4.98 Å². The standard InChI is InChI=1S/C15H22ClN3O3/c1-5-22-13(20)15(10(2)3)6-7-19(9-15)12-11(16)8-17-14(18-12)21-4/h8,10H,5-7,9H2,1-4H3. The first-order valence-electron chi connectivity index (χ1n) is 7.43. The number of ether oxygens (including phenoxy) is 2. The molecule has 7 heteroatoms. The molecular weight excluding hydrogens is 306 g/mol. The molecule has 0 spiro atoms. The van der Waals surface area contributed by atoms with E-state index in [4.69, 9.17) is 21.1 Å². The van der Waals surface area contributed by atoms with Crippen LogP contribution in [0.4, 0.5) is 5.82 Å². The van der Waals surface area contributed by atoms with Crippen LogP contribution < -0.4 is 9.64 Å². The zero-order valence-corrected chi connectivity index (χ0v) is 14.2. The van der Waals surface area contributed by atoms with Crippen molar-refractivity contribution in [2.45, 2.75) is 27.2 Å². The van der Waals surface area contributed by atoms with Crippen molar-refractivity contribution in [2.75, 3.05) is 31.7 Å². The fraction of sp³-hybridized carbons (Fsp3) is 0.667. The second-order valence-corrected chi connectivity index (χ2v) is 6.14. The van der Waals surface area contributed by atoms with Gasteiger partial charge in [-0.2, -0.15) is 4.98 Å². The Kier molecular flexibility index (Phi) is 5.11. The molecule has 1 aliphatic heterocycles. The number of hydrogen-bond acceptors (Lipinski definition) is 6. The Morgan fingerprint density at radius 3 is 2.86 bits per heavy atom. The molecule has 0 N–H and O–H groups in total. The molecule has 0 radical (unpaired) electrons. The summed E-state index contributed by atoms with van der Waals surface area (Å²) in [5.41, 5.74) is -0.530. The maximum absolute atomic E-state index is 12.5. The highest BCUT2D eigenvalue weighted by Crippen LogP contribution is 2.42. The molecular formula is C15H22ClN3O3. The average molecular weight is 328 g/mol. The number of carbonyl (C=O) groups is 1. The summed E-state index contributed by atoms with van der Waals surface area (Å²) >= 11 is 6.21. The zero-order valence-electron chi connectivity index (χ0n) is 13.4. The Labute approximate surface area is 135 Å². The third kappa shape index (κ3) is 2.97. The number of aromatic nitrogens is 2. The highest BCUT2D eigenvalue weighted by Gasteiger charge is 2.49. The minimum absolute atomic E-state index is 0.148. The van der Waals surface area contributed by atoms with Gasteiger partial charge in [0.1, 0.15) is 5.02 Å². The number of esters is 1. The van der Waals surface area contributed by atoms with Crippen molar-refractivity contribution in [1.82, 2.24) is 9.97 Å². The van der Waals surface area contributed by atoms with E-state index in [0.717, 1.165) is 0 Å². The molecule has 0 aliphatic carbocycles. The second-order valence-electron chi connectivity index (χ2n) is 5.73. The van der Waals surface area contributed by atoms with Crippen LogP contribution in [0.3, 0.4) is 0 Å². The number of hydrogen-bond donors (Lipinski definition) is 0. The van der Waals surface area contributed by atoms with Gasteiger partial charge in [-0.15, -0.1) is 0 Å². The van der Waals surface area contributed by atoms with Gasteiger partial charge < -0.3 is 14.4 Å². The Hall–Kier alpha value is -1.56. The number of rotatable bonds is 5. The summed E-state index contributed by atoms with van der Waals surface area (Å²) < 4.78 is 10.3. The number of methoxy groups -OCH3 is 1. The van der Waals surface area contributed by atoms with Crippen LogP contribution in [-0.2, 0) is 9.53 Å². The molecule has 0 bridgehead atoms. The van der Waals surface area contributed by atoms with Crippen LogP contribution in [0, 0.1) is 11.3 Å². The lowest BCUT2D eigenvalue weighted by Crippen LogP contribution is -2.40. The molecule has 22 heavy (non-hydrogen) atoms. The van der Waals surface area contributed by atoms with Gasteiger partial charge in [0, 0.05) is 13.1 Å². The van der Waals surface area contributed by atoms with Crippen LogP contribution in [0.5, 0.6) is 6.01 Å². The topological polar surface area (TPSA) is 64.5 Å². The van der Waals surface area contributed by atoms with Crippen molar-refractivity contribution in [1.29, 1.82) is 0 Å². The van der Waals surface area contributed by atoms with Crippen molar-refractivity contribution >= 4 is 23.4 Å². The molecule has 1 aliphatic rings. The molecule has 6 nitrogen and oxygen atoms in total. The van der Waals surface area contributed by atoms with Crippen molar-refractivity contribution in [3.8, 4) is 6.01 Å². The molecule has 1 atom stereocenters.